The molecule has 0 aromatic carbocycles. The molecule has 1 aliphatic heterocycles. The maximum atomic E-state index is 11.0. The fourth-order valence-electron chi connectivity index (χ4n) is 2.50. The molecule has 0 bridgehead atoms. The Balaban J connectivity index is 2.66. The van der Waals surface area contributed by atoms with Crippen LogP contribution in [-0.2, 0) is 4.79 Å². The van der Waals surface area contributed by atoms with Crippen LogP contribution in [0.1, 0.15) is 39.5 Å². The van der Waals surface area contributed by atoms with E-state index in [1.807, 2.05) is 0 Å². The molecule has 2 N–H and O–H groups in total. The average molecular weight is 228 g/mol. The summed E-state index contributed by atoms with van der Waals surface area (Å²) in [7, 11) is 2.11. The maximum absolute atomic E-state index is 11.0. The van der Waals surface area contributed by atoms with Crippen molar-refractivity contribution in [1.82, 2.24) is 10.2 Å². The lowest BCUT2D eigenvalue weighted by molar-refractivity contribution is -0.139. The number of carbonyl (C=O) groups is 1. The van der Waals surface area contributed by atoms with Crippen molar-refractivity contribution >= 4 is 5.97 Å². The molecule has 0 amide bonds. The minimum atomic E-state index is -0.694. The summed E-state index contributed by atoms with van der Waals surface area (Å²) in [5.41, 5.74) is -0.187. The highest BCUT2D eigenvalue weighted by molar-refractivity contribution is 5.68. The Hall–Kier alpha value is -0.610. The predicted octanol–water partition coefficient (Wildman–Crippen LogP) is 1.31. The quantitative estimate of drug-likeness (QED) is 0.745. The molecular weight excluding hydrogens is 204 g/mol. The summed E-state index contributed by atoms with van der Waals surface area (Å²) in [4.78, 5) is 13.3. The molecule has 0 spiro atoms. The summed E-state index contributed by atoms with van der Waals surface area (Å²) in [6.45, 7) is 6.16. The number of nitrogens with one attached hydrogen (secondary N) is 1. The van der Waals surface area contributed by atoms with Crippen molar-refractivity contribution in [3.05, 3.63) is 0 Å². The normalized spacial score (nSPS) is 31.6. The number of carboxylic acid groups (broad SMARTS) is 1. The Bertz CT molecular complexity index is 241. The molecule has 0 aromatic rings. The third kappa shape index (κ3) is 3.46. The molecule has 0 saturated carbocycles. The standard InChI is InChI=1S/C12H24N2O2/c1-4-6-13-12(9-11(15)16)5-7-14(3)10(2)8-12/h10,13H,4-9H2,1-3H3,(H,15,16). The molecule has 1 aliphatic rings. The molecule has 0 radical (unpaired) electrons. The molecular formula is C12H24N2O2. The molecule has 94 valence electrons. The van der Waals surface area contributed by atoms with Crippen LogP contribution in [-0.4, -0.2) is 47.7 Å². The summed E-state index contributed by atoms with van der Waals surface area (Å²) in [6.07, 6.45) is 3.15. The number of nitrogens with zero attached hydrogens (tertiary/aromatic N) is 1. The van der Waals surface area contributed by atoms with Crippen molar-refractivity contribution in [3.8, 4) is 0 Å². The van der Waals surface area contributed by atoms with E-state index in [1.165, 1.54) is 0 Å². The Morgan fingerprint density at radius 2 is 2.31 bits per heavy atom. The number of likely N-dealkylation sites (tertiary alicyclic amines) is 1. The molecule has 4 heteroatoms. The van der Waals surface area contributed by atoms with Gasteiger partial charge >= 0.3 is 5.97 Å². The Morgan fingerprint density at radius 3 is 2.81 bits per heavy atom. The molecule has 2 unspecified atom stereocenters. The summed E-state index contributed by atoms with van der Waals surface area (Å²) in [5.74, 6) is -0.694. The lowest BCUT2D eigenvalue weighted by atomic mass is 9.81. The van der Waals surface area contributed by atoms with E-state index in [4.69, 9.17) is 5.11 Å². The lowest BCUT2D eigenvalue weighted by Gasteiger charge is -2.44. The van der Waals surface area contributed by atoms with Crippen molar-refractivity contribution < 1.29 is 9.90 Å². The van der Waals surface area contributed by atoms with E-state index in [9.17, 15) is 4.79 Å². The number of piperidine rings is 1. The van der Waals surface area contributed by atoms with Crippen molar-refractivity contribution in [2.24, 2.45) is 0 Å². The monoisotopic (exact) mass is 228 g/mol. The fraction of sp³-hybridized carbons (Fsp3) is 0.917. The van der Waals surface area contributed by atoms with Crippen molar-refractivity contribution in [2.45, 2.75) is 51.1 Å². The van der Waals surface area contributed by atoms with E-state index >= 15 is 0 Å². The topological polar surface area (TPSA) is 52.6 Å². The highest BCUT2D eigenvalue weighted by atomic mass is 16.4. The highest BCUT2D eigenvalue weighted by Crippen LogP contribution is 2.29. The first kappa shape index (κ1) is 13.5. The third-order valence-corrected chi connectivity index (χ3v) is 3.62. The van der Waals surface area contributed by atoms with Crippen LogP contribution in [0.3, 0.4) is 0 Å². The smallest absolute Gasteiger partial charge is 0.305 e. The fourth-order valence-corrected chi connectivity index (χ4v) is 2.50. The molecule has 1 fully saturated rings. The molecule has 16 heavy (non-hydrogen) atoms. The number of hydrogen-bond acceptors (Lipinski definition) is 3. The van der Waals surface area contributed by atoms with E-state index in [0.29, 0.717) is 6.04 Å². The Morgan fingerprint density at radius 1 is 1.62 bits per heavy atom. The Labute approximate surface area is 98.0 Å². The van der Waals surface area contributed by atoms with E-state index in [2.05, 4.69) is 31.1 Å². The molecule has 0 aliphatic carbocycles. The van der Waals surface area contributed by atoms with Gasteiger partial charge in [-0.05, 0) is 46.3 Å². The first-order valence-corrected chi connectivity index (χ1v) is 6.16. The zero-order valence-electron chi connectivity index (χ0n) is 10.6. The van der Waals surface area contributed by atoms with Gasteiger partial charge in [0.05, 0.1) is 6.42 Å². The van der Waals surface area contributed by atoms with Gasteiger partial charge in [-0.3, -0.25) is 4.79 Å². The minimum Gasteiger partial charge on any atom is -0.481 e. The van der Waals surface area contributed by atoms with Gasteiger partial charge in [-0.1, -0.05) is 6.92 Å². The second-order valence-electron chi connectivity index (χ2n) is 5.06. The van der Waals surface area contributed by atoms with Crippen molar-refractivity contribution in [3.63, 3.8) is 0 Å². The maximum Gasteiger partial charge on any atom is 0.305 e. The van der Waals surface area contributed by atoms with Crippen LogP contribution in [0.25, 0.3) is 0 Å². The number of rotatable bonds is 5. The van der Waals surface area contributed by atoms with Crippen molar-refractivity contribution in [1.29, 1.82) is 0 Å². The second kappa shape index (κ2) is 5.64. The van der Waals surface area contributed by atoms with Crippen LogP contribution >= 0.6 is 0 Å². The number of aliphatic carboxylic acids is 1. The van der Waals surface area contributed by atoms with Gasteiger partial charge in [-0.2, -0.15) is 0 Å². The van der Waals surface area contributed by atoms with Crippen LogP contribution in [0.4, 0.5) is 0 Å². The van der Waals surface area contributed by atoms with Gasteiger partial charge in [0.1, 0.15) is 0 Å². The minimum absolute atomic E-state index is 0.187. The van der Waals surface area contributed by atoms with Gasteiger partial charge < -0.3 is 15.3 Å². The first-order valence-electron chi connectivity index (χ1n) is 6.16. The molecule has 1 rings (SSSR count). The SMILES string of the molecule is CCCNC1(CC(=O)O)CCN(C)C(C)C1. The average Bonchev–Trinajstić information content (AvgIpc) is 2.20. The molecule has 1 saturated heterocycles. The molecule has 1 heterocycles. The van der Waals surface area contributed by atoms with Gasteiger partial charge in [0.15, 0.2) is 0 Å². The van der Waals surface area contributed by atoms with Crippen LogP contribution in [0, 0.1) is 0 Å². The van der Waals surface area contributed by atoms with E-state index < -0.39 is 5.97 Å². The van der Waals surface area contributed by atoms with Gasteiger partial charge in [-0.15, -0.1) is 0 Å². The van der Waals surface area contributed by atoms with Gasteiger partial charge in [0.2, 0.25) is 0 Å². The first-order chi connectivity index (χ1) is 7.49. The second-order valence-corrected chi connectivity index (χ2v) is 5.06. The summed E-state index contributed by atoms with van der Waals surface area (Å²) >= 11 is 0. The molecule has 4 nitrogen and oxygen atoms in total. The molecule has 0 aromatic heterocycles. The van der Waals surface area contributed by atoms with Gasteiger partial charge in [0.25, 0.3) is 0 Å². The van der Waals surface area contributed by atoms with E-state index in [0.717, 1.165) is 32.4 Å². The van der Waals surface area contributed by atoms with E-state index in [1.54, 1.807) is 0 Å². The van der Waals surface area contributed by atoms with E-state index in [-0.39, 0.29) is 12.0 Å². The lowest BCUT2D eigenvalue weighted by Crippen LogP contribution is -2.56. The van der Waals surface area contributed by atoms with Crippen LogP contribution < -0.4 is 5.32 Å². The van der Waals surface area contributed by atoms with Crippen LogP contribution in [0.5, 0.6) is 0 Å². The van der Waals surface area contributed by atoms with Gasteiger partial charge in [0, 0.05) is 11.6 Å². The third-order valence-electron chi connectivity index (χ3n) is 3.62. The van der Waals surface area contributed by atoms with Crippen LogP contribution in [0.2, 0.25) is 0 Å². The van der Waals surface area contributed by atoms with Crippen molar-refractivity contribution in [2.75, 3.05) is 20.1 Å². The van der Waals surface area contributed by atoms with Gasteiger partial charge in [-0.25, -0.2) is 0 Å². The Kier molecular flexibility index (Phi) is 4.74. The summed E-state index contributed by atoms with van der Waals surface area (Å²) < 4.78 is 0. The zero-order chi connectivity index (χ0) is 12.2. The largest absolute Gasteiger partial charge is 0.481 e. The number of hydrogen-bond donors (Lipinski definition) is 2. The van der Waals surface area contributed by atoms with Crippen LogP contribution in [0.15, 0.2) is 0 Å². The summed E-state index contributed by atoms with van der Waals surface area (Å²) in [6, 6.07) is 0.456. The predicted molar refractivity (Wildman–Crippen MR) is 64.6 cm³/mol. The number of carboxylic acids is 1. The molecule has 2 atom stereocenters. The zero-order valence-corrected chi connectivity index (χ0v) is 10.6. The summed E-state index contributed by atoms with van der Waals surface area (Å²) in [5, 5.41) is 12.5. The highest BCUT2D eigenvalue weighted by Gasteiger charge is 2.38.